The molecule has 0 aromatic heterocycles. The van der Waals surface area contributed by atoms with Gasteiger partial charge in [-0.25, -0.2) is 0 Å². The molecule has 0 saturated heterocycles. The number of aliphatic hydroxyl groups excluding tert-OH is 1. The smallest absolute Gasteiger partial charge is 0.0568 e. The SMILES string of the molecule is [CH2]C(CC)C(O)CCCCCC. The first-order chi connectivity index (χ1) is 5.72. The standard InChI is InChI=1S/C11H23O/c1-4-6-7-8-9-11(12)10(3)5-2/h10-12H,3-9H2,1-2H3. The summed E-state index contributed by atoms with van der Waals surface area (Å²) in [4.78, 5) is 0. The molecule has 1 nitrogen and oxygen atoms in total. The van der Waals surface area contributed by atoms with Crippen molar-refractivity contribution in [3.8, 4) is 0 Å². The predicted octanol–water partition coefficient (Wildman–Crippen LogP) is 3.18. The molecule has 0 aliphatic heterocycles. The maximum absolute atomic E-state index is 9.55. The van der Waals surface area contributed by atoms with E-state index in [0.29, 0.717) is 0 Å². The first kappa shape index (κ1) is 12.0. The first-order valence-corrected chi connectivity index (χ1v) is 5.23. The Kier molecular flexibility index (Phi) is 7.58. The molecule has 0 aliphatic rings. The summed E-state index contributed by atoms with van der Waals surface area (Å²) in [6.07, 6.45) is 6.70. The Morgan fingerprint density at radius 3 is 2.33 bits per heavy atom. The largest absolute Gasteiger partial charge is 0.393 e. The molecule has 12 heavy (non-hydrogen) atoms. The maximum atomic E-state index is 9.55. The van der Waals surface area contributed by atoms with Gasteiger partial charge in [-0.3, -0.25) is 0 Å². The molecule has 2 unspecified atom stereocenters. The fourth-order valence-electron chi connectivity index (χ4n) is 1.29. The highest BCUT2D eigenvalue weighted by Gasteiger charge is 2.10. The second-order valence-electron chi connectivity index (χ2n) is 3.59. The van der Waals surface area contributed by atoms with Gasteiger partial charge in [-0.05, 0) is 19.3 Å². The molecule has 0 fully saturated rings. The Morgan fingerprint density at radius 2 is 1.83 bits per heavy atom. The van der Waals surface area contributed by atoms with Crippen molar-refractivity contribution in [3.63, 3.8) is 0 Å². The zero-order valence-corrected chi connectivity index (χ0v) is 8.55. The summed E-state index contributed by atoms with van der Waals surface area (Å²) in [5.74, 6) is 0.228. The molecule has 0 aliphatic carbocycles. The summed E-state index contributed by atoms with van der Waals surface area (Å²) in [6.45, 7) is 8.18. The second kappa shape index (κ2) is 7.60. The summed E-state index contributed by atoms with van der Waals surface area (Å²) in [7, 11) is 0. The molecule has 0 amide bonds. The van der Waals surface area contributed by atoms with Crippen LogP contribution < -0.4 is 0 Å². The second-order valence-corrected chi connectivity index (χ2v) is 3.59. The summed E-state index contributed by atoms with van der Waals surface area (Å²) in [5, 5.41) is 9.55. The molecule has 1 N–H and O–H groups in total. The van der Waals surface area contributed by atoms with Crippen LogP contribution in [0.4, 0.5) is 0 Å². The van der Waals surface area contributed by atoms with Crippen LogP contribution in [0.2, 0.25) is 0 Å². The molecule has 1 heteroatoms. The highest BCUT2D eigenvalue weighted by molar-refractivity contribution is 4.68. The highest BCUT2D eigenvalue weighted by atomic mass is 16.3. The van der Waals surface area contributed by atoms with E-state index in [2.05, 4.69) is 20.8 Å². The lowest BCUT2D eigenvalue weighted by atomic mass is 9.97. The minimum absolute atomic E-state index is 0.174. The summed E-state index contributed by atoms with van der Waals surface area (Å²) in [6, 6.07) is 0. The third-order valence-corrected chi connectivity index (χ3v) is 2.42. The average Bonchev–Trinajstić information content (AvgIpc) is 2.10. The molecule has 0 spiro atoms. The number of hydrogen-bond donors (Lipinski definition) is 1. The van der Waals surface area contributed by atoms with E-state index in [1.165, 1.54) is 19.3 Å². The zero-order chi connectivity index (χ0) is 9.40. The molecule has 0 aromatic carbocycles. The van der Waals surface area contributed by atoms with Crippen molar-refractivity contribution in [2.75, 3.05) is 0 Å². The monoisotopic (exact) mass is 171 g/mol. The lowest BCUT2D eigenvalue weighted by Gasteiger charge is -2.16. The topological polar surface area (TPSA) is 20.2 Å². The van der Waals surface area contributed by atoms with Crippen molar-refractivity contribution in [1.82, 2.24) is 0 Å². The zero-order valence-electron chi connectivity index (χ0n) is 8.55. The molecular formula is C11H23O. The van der Waals surface area contributed by atoms with Crippen molar-refractivity contribution in [1.29, 1.82) is 0 Å². The van der Waals surface area contributed by atoms with Gasteiger partial charge in [-0.1, -0.05) is 46.0 Å². The van der Waals surface area contributed by atoms with E-state index < -0.39 is 0 Å². The normalized spacial score (nSPS) is 16.0. The molecule has 0 heterocycles. The van der Waals surface area contributed by atoms with Crippen LogP contribution in [-0.4, -0.2) is 11.2 Å². The van der Waals surface area contributed by atoms with Gasteiger partial charge < -0.3 is 5.11 Å². The maximum Gasteiger partial charge on any atom is 0.0568 e. The number of rotatable bonds is 7. The van der Waals surface area contributed by atoms with E-state index in [0.717, 1.165) is 19.3 Å². The van der Waals surface area contributed by atoms with Gasteiger partial charge in [0.15, 0.2) is 0 Å². The van der Waals surface area contributed by atoms with Gasteiger partial charge in [0.25, 0.3) is 0 Å². The molecule has 73 valence electrons. The molecule has 2 atom stereocenters. The number of unbranched alkanes of at least 4 members (excludes halogenated alkanes) is 3. The summed E-state index contributed by atoms with van der Waals surface area (Å²) >= 11 is 0. The Balaban J connectivity index is 3.24. The Bertz CT molecular complexity index is 91.0. The van der Waals surface area contributed by atoms with Gasteiger partial charge >= 0.3 is 0 Å². The Hall–Kier alpha value is -0.0400. The van der Waals surface area contributed by atoms with Crippen molar-refractivity contribution < 1.29 is 5.11 Å². The fraction of sp³-hybridized carbons (Fsp3) is 0.909. The molecule has 0 saturated carbocycles. The van der Waals surface area contributed by atoms with Crippen LogP contribution in [-0.2, 0) is 0 Å². The van der Waals surface area contributed by atoms with Crippen LogP contribution in [0, 0.1) is 12.8 Å². The van der Waals surface area contributed by atoms with Gasteiger partial charge in [-0.2, -0.15) is 0 Å². The van der Waals surface area contributed by atoms with Gasteiger partial charge in [0.1, 0.15) is 0 Å². The quantitative estimate of drug-likeness (QED) is 0.583. The van der Waals surface area contributed by atoms with Crippen LogP contribution in [0.3, 0.4) is 0 Å². The van der Waals surface area contributed by atoms with Gasteiger partial charge in [0.2, 0.25) is 0 Å². The van der Waals surface area contributed by atoms with Crippen LogP contribution in [0.15, 0.2) is 0 Å². The van der Waals surface area contributed by atoms with E-state index in [9.17, 15) is 5.11 Å². The number of hydrogen-bond acceptors (Lipinski definition) is 1. The first-order valence-electron chi connectivity index (χ1n) is 5.23. The summed E-state index contributed by atoms with van der Waals surface area (Å²) < 4.78 is 0. The molecule has 0 bridgehead atoms. The van der Waals surface area contributed by atoms with E-state index in [1.807, 2.05) is 0 Å². The third kappa shape index (κ3) is 5.59. The average molecular weight is 171 g/mol. The lowest BCUT2D eigenvalue weighted by Crippen LogP contribution is -2.16. The van der Waals surface area contributed by atoms with Gasteiger partial charge in [0, 0.05) is 0 Å². The van der Waals surface area contributed by atoms with Crippen molar-refractivity contribution in [2.24, 2.45) is 5.92 Å². The van der Waals surface area contributed by atoms with Crippen LogP contribution in [0.1, 0.15) is 52.4 Å². The minimum atomic E-state index is -0.174. The van der Waals surface area contributed by atoms with Gasteiger partial charge in [0.05, 0.1) is 6.10 Å². The van der Waals surface area contributed by atoms with Crippen molar-refractivity contribution >= 4 is 0 Å². The highest BCUT2D eigenvalue weighted by Crippen LogP contribution is 2.14. The molecule has 0 rings (SSSR count). The van der Waals surface area contributed by atoms with Gasteiger partial charge in [-0.15, -0.1) is 0 Å². The molecule has 0 aromatic rings. The van der Waals surface area contributed by atoms with E-state index in [4.69, 9.17) is 0 Å². The molecular weight excluding hydrogens is 148 g/mol. The summed E-state index contributed by atoms with van der Waals surface area (Å²) in [5.41, 5.74) is 0. The lowest BCUT2D eigenvalue weighted by molar-refractivity contribution is 0.114. The van der Waals surface area contributed by atoms with Crippen molar-refractivity contribution in [3.05, 3.63) is 6.92 Å². The van der Waals surface area contributed by atoms with Crippen molar-refractivity contribution in [2.45, 2.75) is 58.5 Å². The van der Waals surface area contributed by atoms with E-state index in [1.54, 1.807) is 0 Å². The van der Waals surface area contributed by atoms with Crippen LogP contribution in [0.5, 0.6) is 0 Å². The number of aliphatic hydroxyl groups is 1. The third-order valence-electron chi connectivity index (χ3n) is 2.42. The molecule has 1 radical (unpaired) electrons. The van der Waals surface area contributed by atoms with E-state index in [-0.39, 0.29) is 12.0 Å². The van der Waals surface area contributed by atoms with E-state index >= 15 is 0 Å². The Morgan fingerprint density at radius 1 is 1.17 bits per heavy atom. The predicted molar refractivity (Wildman–Crippen MR) is 53.9 cm³/mol. The van der Waals surface area contributed by atoms with Crippen LogP contribution >= 0.6 is 0 Å². The van der Waals surface area contributed by atoms with Crippen LogP contribution in [0.25, 0.3) is 0 Å². The Labute approximate surface area is 77.2 Å². The fourth-order valence-corrected chi connectivity index (χ4v) is 1.29. The minimum Gasteiger partial charge on any atom is -0.393 e.